The summed E-state index contributed by atoms with van der Waals surface area (Å²) in [6.07, 6.45) is 0. The van der Waals surface area contributed by atoms with E-state index in [0.717, 1.165) is 14.5 Å². The first kappa shape index (κ1) is 14.8. The third-order valence-corrected chi connectivity index (χ3v) is 4.15. The van der Waals surface area contributed by atoms with E-state index < -0.39 is 0 Å². The van der Waals surface area contributed by atoms with E-state index in [2.05, 4.69) is 43.2 Å². The highest BCUT2D eigenvalue weighted by Crippen LogP contribution is 2.22. The first-order valence-corrected chi connectivity index (χ1v) is 7.37. The van der Waals surface area contributed by atoms with Crippen LogP contribution >= 0.6 is 31.9 Å². The maximum absolute atomic E-state index is 12.2. The lowest BCUT2D eigenvalue weighted by Crippen LogP contribution is -2.13. The molecule has 5 heteroatoms. The zero-order valence-corrected chi connectivity index (χ0v) is 13.7. The second-order valence-corrected chi connectivity index (χ2v) is 5.99. The largest absolute Gasteiger partial charge is 0.321 e. The molecular weight excluding hydrogens is 384 g/mol. The number of carbonyl (C=O) groups excluding carboxylic acids is 1. The highest BCUT2D eigenvalue weighted by Gasteiger charge is 2.10. The lowest BCUT2D eigenvalue weighted by molar-refractivity contribution is 0.102. The summed E-state index contributed by atoms with van der Waals surface area (Å²) in [7, 11) is 0. The van der Waals surface area contributed by atoms with Crippen molar-refractivity contribution in [3.63, 3.8) is 0 Å². The standard InChI is InChI=1S/C15H10Br2N2O/c1-9-6-10(2-4-13(9)17)15(20)19-14-5-3-12(16)7-11(14)8-18/h2-7H,1H3,(H,19,20). The molecule has 0 saturated heterocycles. The Morgan fingerprint density at radius 1 is 1.20 bits per heavy atom. The van der Waals surface area contributed by atoms with Gasteiger partial charge in [-0.1, -0.05) is 31.9 Å². The number of hydrogen-bond donors (Lipinski definition) is 1. The van der Waals surface area contributed by atoms with Crippen molar-refractivity contribution < 1.29 is 4.79 Å². The van der Waals surface area contributed by atoms with Gasteiger partial charge in [-0.05, 0) is 48.9 Å². The fourth-order valence-electron chi connectivity index (χ4n) is 1.70. The minimum Gasteiger partial charge on any atom is -0.321 e. The number of anilines is 1. The van der Waals surface area contributed by atoms with E-state index in [4.69, 9.17) is 5.26 Å². The Hall–Kier alpha value is -1.64. The fourth-order valence-corrected chi connectivity index (χ4v) is 2.31. The Morgan fingerprint density at radius 2 is 1.95 bits per heavy atom. The molecule has 0 saturated carbocycles. The van der Waals surface area contributed by atoms with Gasteiger partial charge in [0.05, 0.1) is 11.3 Å². The van der Waals surface area contributed by atoms with Crippen LogP contribution in [-0.2, 0) is 0 Å². The minimum atomic E-state index is -0.237. The van der Waals surface area contributed by atoms with E-state index in [1.807, 2.05) is 13.0 Å². The van der Waals surface area contributed by atoms with Crippen LogP contribution in [0.1, 0.15) is 21.5 Å². The summed E-state index contributed by atoms with van der Waals surface area (Å²) in [5.41, 5.74) is 2.45. The van der Waals surface area contributed by atoms with Gasteiger partial charge in [-0.3, -0.25) is 4.79 Å². The van der Waals surface area contributed by atoms with Gasteiger partial charge < -0.3 is 5.32 Å². The maximum atomic E-state index is 12.2. The van der Waals surface area contributed by atoms with Crippen LogP contribution in [0.15, 0.2) is 45.3 Å². The molecule has 0 atom stereocenters. The third-order valence-electron chi connectivity index (χ3n) is 2.77. The number of halogens is 2. The van der Waals surface area contributed by atoms with E-state index in [0.29, 0.717) is 16.8 Å². The Labute approximate surface area is 133 Å². The van der Waals surface area contributed by atoms with Crippen molar-refractivity contribution in [2.75, 3.05) is 5.32 Å². The van der Waals surface area contributed by atoms with Crippen molar-refractivity contribution in [1.29, 1.82) is 5.26 Å². The highest BCUT2D eigenvalue weighted by atomic mass is 79.9. The van der Waals surface area contributed by atoms with Crippen LogP contribution in [0.2, 0.25) is 0 Å². The third kappa shape index (κ3) is 3.27. The summed E-state index contributed by atoms with van der Waals surface area (Å²) in [4.78, 5) is 12.2. The molecule has 0 heterocycles. The summed E-state index contributed by atoms with van der Waals surface area (Å²) in [6.45, 7) is 1.92. The van der Waals surface area contributed by atoms with E-state index >= 15 is 0 Å². The molecule has 20 heavy (non-hydrogen) atoms. The Morgan fingerprint density at radius 3 is 2.60 bits per heavy atom. The molecule has 100 valence electrons. The van der Waals surface area contributed by atoms with Crippen LogP contribution in [0.4, 0.5) is 5.69 Å². The number of nitriles is 1. The Balaban J connectivity index is 2.28. The number of carbonyl (C=O) groups is 1. The summed E-state index contributed by atoms with van der Waals surface area (Å²) in [5, 5.41) is 11.8. The van der Waals surface area contributed by atoms with E-state index in [1.165, 1.54) is 0 Å². The molecule has 2 aromatic carbocycles. The number of hydrogen-bond acceptors (Lipinski definition) is 2. The quantitative estimate of drug-likeness (QED) is 0.807. The number of nitrogens with zero attached hydrogens (tertiary/aromatic N) is 1. The zero-order chi connectivity index (χ0) is 14.7. The molecule has 3 nitrogen and oxygen atoms in total. The average molecular weight is 394 g/mol. The molecule has 0 aromatic heterocycles. The Bertz CT molecular complexity index is 720. The summed E-state index contributed by atoms with van der Waals surface area (Å²) in [6, 6.07) is 12.6. The zero-order valence-electron chi connectivity index (χ0n) is 10.6. The Kier molecular flexibility index (Phi) is 4.58. The molecule has 0 radical (unpaired) electrons. The molecule has 0 spiro atoms. The summed E-state index contributed by atoms with van der Waals surface area (Å²) < 4.78 is 1.75. The summed E-state index contributed by atoms with van der Waals surface area (Å²) in [5.74, 6) is -0.237. The molecule has 1 amide bonds. The summed E-state index contributed by atoms with van der Waals surface area (Å²) >= 11 is 6.69. The van der Waals surface area contributed by atoms with Crippen molar-refractivity contribution in [1.82, 2.24) is 0 Å². The molecule has 0 aliphatic heterocycles. The average Bonchev–Trinajstić information content (AvgIpc) is 2.43. The second-order valence-electron chi connectivity index (χ2n) is 4.22. The van der Waals surface area contributed by atoms with E-state index in [9.17, 15) is 4.79 Å². The van der Waals surface area contributed by atoms with Crippen molar-refractivity contribution in [2.24, 2.45) is 0 Å². The first-order chi connectivity index (χ1) is 9.51. The van der Waals surface area contributed by atoms with E-state index in [-0.39, 0.29) is 5.91 Å². The van der Waals surface area contributed by atoms with Crippen LogP contribution in [0.5, 0.6) is 0 Å². The van der Waals surface area contributed by atoms with Gasteiger partial charge in [0.2, 0.25) is 0 Å². The van der Waals surface area contributed by atoms with E-state index in [1.54, 1.807) is 30.3 Å². The molecule has 2 aromatic rings. The van der Waals surface area contributed by atoms with Crippen molar-refractivity contribution in [2.45, 2.75) is 6.92 Å². The number of rotatable bonds is 2. The van der Waals surface area contributed by atoms with Gasteiger partial charge in [0.15, 0.2) is 0 Å². The van der Waals surface area contributed by atoms with Crippen molar-refractivity contribution in [3.05, 3.63) is 62.0 Å². The van der Waals surface area contributed by atoms with Gasteiger partial charge in [0.1, 0.15) is 6.07 Å². The minimum absolute atomic E-state index is 0.237. The molecule has 2 rings (SSSR count). The van der Waals surface area contributed by atoms with Crippen LogP contribution < -0.4 is 5.32 Å². The normalized spacial score (nSPS) is 9.90. The second kappa shape index (κ2) is 6.21. The predicted molar refractivity (Wildman–Crippen MR) is 85.7 cm³/mol. The molecular formula is C15H10Br2N2O. The number of amides is 1. The highest BCUT2D eigenvalue weighted by molar-refractivity contribution is 9.10. The monoisotopic (exact) mass is 392 g/mol. The van der Waals surface area contributed by atoms with Crippen molar-refractivity contribution >= 4 is 43.5 Å². The predicted octanol–water partition coefficient (Wildman–Crippen LogP) is 4.64. The van der Waals surface area contributed by atoms with Gasteiger partial charge >= 0.3 is 0 Å². The fraction of sp³-hybridized carbons (Fsp3) is 0.0667. The van der Waals surface area contributed by atoms with Crippen LogP contribution in [0.25, 0.3) is 0 Å². The van der Waals surface area contributed by atoms with Crippen LogP contribution in [-0.4, -0.2) is 5.91 Å². The van der Waals surface area contributed by atoms with Gasteiger partial charge in [0.25, 0.3) is 5.91 Å². The van der Waals surface area contributed by atoms with Crippen LogP contribution in [0.3, 0.4) is 0 Å². The smallest absolute Gasteiger partial charge is 0.255 e. The first-order valence-electron chi connectivity index (χ1n) is 5.78. The lowest BCUT2D eigenvalue weighted by Gasteiger charge is -2.08. The SMILES string of the molecule is Cc1cc(C(=O)Nc2ccc(Br)cc2C#N)ccc1Br. The topological polar surface area (TPSA) is 52.9 Å². The molecule has 0 bridgehead atoms. The van der Waals surface area contributed by atoms with Gasteiger partial charge in [0, 0.05) is 14.5 Å². The number of nitrogens with one attached hydrogen (secondary N) is 1. The molecule has 0 aliphatic rings. The maximum Gasteiger partial charge on any atom is 0.255 e. The molecule has 0 fully saturated rings. The van der Waals surface area contributed by atoms with Crippen molar-refractivity contribution in [3.8, 4) is 6.07 Å². The molecule has 0 unspecified atom stereocenters. The molecule has 0 aliphatic carbocycles. The number of aryl methyl sites for hydroxylation is 1. The molecule has 1 N–H and O–H groups in total. The van der Waals surface area contributed by atoms with Gasteiger partial charge in [-0.25, -0.2) is 0 Å². The van der Waals surface area contributed by atoms with Crippen LogP contribution in [0, 0.1) is 18.3 Å². The van der Waals surface area contributed by atoms with Gasteiger partial charge in [-0.15, -0.1) is 0 Å². The number of benzene rings is 2. The van der Waals surface area contributed by atoms with Gasteiger partial charge in [-0.2, -0.15) is 5.26 Å². The lowest BCUT2D eigenvalue weighted by atomic mass is 10.1.